The molecule has 1 aromatic rings. The summed E-state index contributed by atoms with van der Waals surface area (Å²) in [6.07, 6.45) is 0. The molecule has 0 N–H and O–H groups in total. The lowest BCUT2D eigenvalue weighted by Crippen LogP contribution is -2.47. The molecule has 2 aliphatic rings. The average molecular weight is 337 g/mol. The van der Waals surface area contributed by atoms with E-state index in [9.17, 15) is 4.79 Å². The summed E-state index contributed by atoms with van der Waals surface area (Å²) < 4.78 is 5.45. The molecular formula is C17H27N3O2S. The second kappa shape index (κ2) is 6.87. The van der Waals surface area contributed by atoms with Gasteiger partial charge in [0.15, 0.2) is 0 Å². The first-order chi connectivity index (χ1) is 11.0. The largest absolute Gasteiger partial charge is 0.379 e. The number of nitrogens with zero attached hydrogens (tertiary/aromatic N) is 3. The zero-order chi connectivity index (χ0) is 16.6. The molecule has 1 amide bonds. The number of thiazole rings is 1. The van der Waals surface area contributed by atoms with E-state index in [0.29, 0.717) is 17.9 Å². The minimum Gasteiger partial charge on any atom is -0.379 e. The number of hydrogen-bond acceptors (Lipinski definition) is 5. The van der Waals surface area contributed by atoms with E-state index < -0.39 is 0 Å². The van der Waals surface area contributed by atoms with Crippen LogP contribution in [-0.2, 0) is 4.74 Å². The molecule has 2 aliphatic heterocycles. The van der Waals surface area contributed by atoms with E-state index >= 15 is 0 Å². The molecule has 0 aliphatic carbocycles. The molecule has 3 rings (SSSR count). The Hall–Kier alpha value is -0.980. The molecule has 0 bridgehead atoms. The highest BCUT2D eigenvalue weighted by Crippen LogP contribution is 2.29. The summed E-state index contributed by atoms with van der Waals surface area (Å²) in [6.45, 7) is 13.7. The van der Waals surface area contributed by atoms with Crippen LogP contribution in [0.1, 0.15) is 47.1 Å². The molecule has 2 atom stereocenters. The third kappa shape index (κ3) is 3.44. The fourth-order valence-electron chi connectivity index (χ4n) is 3.51. The van der Waals surface area contributed by atoms with Crippen molar-refractivity contribution in [2.75, 3.05) is 39.4 Å². The van der Waals surface area contributed by atoms with Crippen molar-refractivity contribution in [3.63, 3.8) is 0 Å². The Morgan fingerprint density at radius 3 is 2.61 bits per heavy atom. The molecule has 2 saturated heterocycles. The second-order valence-corrected chi connectivity index (χ2v) is 8.06. The zero-order valence-corrected chi connectivity index (χ0v) is 15.4. The standard InChI is InChI=1S/C17H27N3O2S/c1-11(2)16-18-13(4)15(23-16)17(21)20-9-12(3)14(10-20)19-5-7-22-8-6-19/h11-12,14H,5-10H2,1-4H3/t12-,14-/m0/s1. The van der Waals surface area contributed by atoms with Crippen LogP contribution in [0.15, 0.2) is 0 Å². The highest BCUT2D eigenvalue weighted by molar-refractivity contribution is 7.13. The van der Waals surface area contributed by atoms with Gasteiger partial charge in [-0.1, -0.05) is 20.8 Å². The Kier molecular flexibility index (Phi) is 5.04. The number of carbonyl (C=O) groups excluding carboxylic acids is 1. The maximum absolute atomic E-state index is 12.9. The van der Waals surface area contributed by atoms with Crippen molar-refractivity contribution in [2.24, 2.45) is 5.92 Å². The van der Waals surface area contributed by atoms with E-state index in [1.165, 1.54) is 0 Å². The summed E-state index contributed by atoms with van der Waals surface area (Å²) in [7, 11) is 0. The Morgan fingerprint density at radius 1 is 1.30 bits per heavy atom. The minimum atomic E-state index is 0.162. The lowest BCUT2D eigenvalue weighted by atomic mass is 10.0. The minimum absolute atomic E-state index is 0.162. The molecule has 0 spiro atoms. The number of morpholine rings is 1. The van der Waals surface area contributed by atoms with Gasteiger partial charge in [-0.05, 0) is 12.8 Å². The van der Waals surface area contributed by atoms with Crippen LogP contribution >= 0.6 is 11.3 Å². The van der Waals surface area contributed by atoms with Crippen molar-refractivity contribution in [1.82, 2.24) is 14.8 Å². The normalized spacial score (nSPS) is 26.2. The Morgan fingerprint density at radius 2 is 2.00 bits per heavy atom. The molecule has 2 fully saturated rings. The van der Waals surface area contributed by atoms with Crippen LogP contribution < -0.4 is 0 Å². The van der Waals surface area contributed by atoms with Crippen LogP contribution in [0, 0.1) is 12.8 Å². The molecule has 6 heteroatoms. The molecule has 0 radical (unpaired) electrons. The van der Waals surface area contributed by atoms with Gasteiger partial charge < -0.3 is 9.64 Å². The van der Waals surface area contributed by atoms with Gasteiger partial charge in [-0.15, -0.1) is 11.3 Å². The van der Waals surface area contributed by atoms with Crippen LogP contribution in [0.3, 0.4) is 0 Å². The molecule has 0 unspecified atom stereocenters. The Labute approximate surface area is 142 Å². The molecule has 23 heavy (non-hydrogen) atoms. The number of rotatable bonds is 3. The third-order valence-electron chi connectivity index (χ3n) is 4.88. The maximum Gasteiger partial charge on any atom is 0.265 e. The van der Waals surface area contributed by atoms with Crippen molar-refractivity contribution in [3.05, 3.63) is 15.6 Å². The van der Waals surface area contributed by atoms with Crippen molar-refractivity contribution < 1.29 is 9.53 Å². The molecular weight excluding hydrogens is 310 g/mol. The van der Waals surface area contributed by atoms with Crippen LogP contribution in [0.25, 0.3) is 0 Å². The van der Waals surface area contributed by atoms with Gasteiger partial charge in [0.05, 0.1) is 23.9 Å². The fourth-order valence-corrected chi connectivity index (χ4v) is 4.54. The van der Waals surface area contributed by atoms with Gasteiger partial charge in [-0.25, -0.2) is 4.98 Å². The third-order valence-corrected chi connectivity index (χ3v) is 6.32. The maximum atomic E-state index is 12.9. The van der Waals surface area contributed by atoms with Crippen LogP contribution in [-0.4, -0.2) is 66.1 Å². The fraction of sp³-hybridized carbons (Fsp3) is 0.765. The van der Waals surface area contributed by atoms with Crippen LogP contribution in [0.2, 0.25) is 0 Å². The first-order valence-corrected chi connectivity index (χ1v) is 9.37. The lowest BCUT2D eigenvalue weighted by Gasteiger charge is -2.33. The summed E-state index contributed by atoms with van der Waals surface area (Å²) in [5.74, 6) is 1.04. The highest BCUT2D eigenvalue weighted by atomic mass is 32.1. The molecule has 5 nitrogen and oxygen atoms in total. The number of likely N-dealkylation sites (tertiary alicyclic amines) is 1. The predicted molar refractivity (Wildman–Crippen MR) is 92.2 cm³/mol. The van der Waals surface area contributed by atoms with E-state index in [0.717, 1.165) is 55.0 Å². The summed E-state index contributed by atoms with van der Waals surface area (Å²) in [4.78, 5) is 22.8. The van der Waals surface area contributed by atoms with Crippen LogP contribution in [0.5, 0.6) is 0 Å². The number of aromatic nitrogens is 1. The lowest BCUT2D eigenvalue weighted by molar-refractivity contribution is 0.0119. The molecule has 0 aromatic carbocycles. The van der Waals surface area contributed by atoms with Crippen molar-refractivity contribution >= 4 is 17.2 Å². The van der Waals surface area contributed by atoms with Gasteiger partial charge in [-0.3, -0.25) is 9.69 Å². The SMILES string of the molecule is Cc1nc(C(C)C)sc1C(=O)N1C[C@H](C)[C@@H](N2CCOCC2)C1. The van der Waals surface area contributed by atoms with E-state index in [1.807, 2.05) is 11.8 Å². The van der Waals surface area contributed by atoms with Crippen molar-refractivity contribution in [2.45, 2.75) is 39.7 Å². The van der Waals surface area contributed by atoms with E-state index in [2.05, 4.69) is 30.7 Å². The first kappa shape index (κ1) is 16.9. The number of carbonyl (C=O) groups is 1. The van der Waals surface area contributed by atoms with Gasteiger partial charge in [0.25, 0.3) is 5.91 Å². The van der Waals surface area contributed by atoms with Gasteiger partial charge in [0, 0.05) is 38.1 Å². The van der Waals surface area contributed by atoms with E-state index in [-0.39, 0.29) is 5.91 Å². The van der Waals surface area contributed by atoms with E-state index in [1.54, 1.807) is 11.3 Å². The first-order valence-electron chi connectivity index (χ1n) is 8.55. The smallest absolute Gasteiger partial charge is 0.265 e. The van der Waals surface area contributed by atoms with Gasteiger partial charge in [-0.2, -0.15) is 0 Å². The summed E-state index contributed by atoms with van der Waals surface area (Å²) in [6, 6.07) is 0.459. The Bertz CT molecular complexity index is 566. The quantitative estimate of drug-likeness (QED) is 0.849. The van der Waals surface area contributed by atoms with Gasteiger partial charge >= 0.3 is 0 Å². The summed E-state index contributed by atoms with van der Waals surface area (Å²) in [5.41, 5.74) is 0.881. The Balaban J connectivity index is 1.71. The van der Waals surface area contributed by atoms with Crippen molar-refractivity contribution in [1.29, 1.82) is 0 Å². The summed E-state index contributed by atoms with van der Waals surface area (Å²) in [5, 5.41) is 1.06. The van der Waals surface area contributed by atoms with Gasteiger partial charge in [0.2, 0.25) is 0 Å². The van der Waals surface area contributed by atoms with Gasteiger partial charge in [0.1, 0.15) is 4.88 Å². The average Bonchev–Trinajstić information content (AvgIpc) is 3.11. The molecule has 3 heterocycles. The molecule has 1 aromatic heterocycles. The molecule has 0 saturated carbocycles. The number of aryl methyl sites for hydroxylation is 1. The second-order valence-electron chi connectivity index (χ2n) is 7.02. The van der Waals surface area contributed by atoms with Crippen molar-refractivity contribution in [3.8, 4) is 0 Å². The number of hydrogen-bond donors (Lipinski definition) is 0. The number of ether oxygens (including phenoxy) is 1. The zero-order valence-electron chi connectivity index (χ0n) is 14.5. The monoisotopic (exact) mass is 337 g/mol. The summed E-state index contributed by atoms with van der Waals surface area (Å²) >= 11 is 1.56. The molecule has 128 valence electrons. The topological polar surface area (TPSA) is 45.7 Å². The van der Waals surface area contributed by atoms with E-state index in [4.69, 9.17) is 4.74 Å². The highest BCUT2D eigenvalue weighted by Gasteiger charge is 2.37. The van der Waals surface area contributed by atoms with Crippen LogP contribution in [0.4, 0.5) is 0 Å². The number of amides is 1. The predicted octanol–water partition coefficient (Wildman–Crippen LogP) is 2.37.